The van der Waals surface area contributed by atoms with Gasteiger partial charge in [-0.3, -0.25) is 9.69 Å². The van der Waals surface area contributed by atoms with Gasteiger partial charge in [0.2, 0.25) is 0 Å². The summed E-state index contributed by atoms with van der Waals surface area (Å²) in [6.45, 7) is 8.68. The molecular formula is C16H25ClN2O3. The average Bonchev–Trinajstić information content (AvgIpc) is 2.49. The van der Waals surface area contributed by atoms with Crippen LogP contribution in [-0.2, 0) is 0 Å². The number of piperazine rings is 1. The highest BCUT2D eigenvalue weighted by Crippen LogP contribution is 2.15. The van der Waals surface area contributed by atoms with Crippen LogP contribution in [0.2, 0.25) is 0 Å². The molecule has 0 aliphatic carbocycles. The highest BCUT2D eigenvalue weighted by molar-refractivity contribution is 6.08. The van der Waals surface area contributed by atoms with Crippen LogP contribution >= 0.6 is 12.4 Å². The minimum absolute atomic E-state index is 0. The SMILES string of the molecule is C=C(CN1CCN(C)CC1)C(=O)c1ccc(OC)cc1.Cl.O. The molecule has 0 saturated carbocycles. The molecule has 124 valence electrons. The molecule has 0 unspecified atom stereocenters. The van der Waals surface area contributed by atoms with Crippen molar-refractivity contribution in [3.05, 3.63) is 42.0 Å². The number of hydrogen-bond donors (Lipinski definition) is 0. The van der Waals surface area contributed by atoms with Crippen molar-refractivity contribution in [3.8, 4) is 5.75 Å². The molecule has 1 fully saturated rings. The maximum Gasteiger partial charge on any atom is 0.189 e. The van der Waals surface area contributed by atoms with E-state index >= 15 is 0 Å². The van der Waals surface area contributed by atoms with Crippen LogP contribution in [0.25, 0.3) is 0 Å². The molecule has 0 radical (unpaired) electrons. The Morgan fingerprint density at radius 2 is 1.73 bits per heavy atom. The predicted molar refractivity (Wildman–Crippen MR) is 91.3 cm³/mol. The Hall–Kier alpha value is -1.40. The van der Waals surface area contributed by atoms with Crippen molar-refractivity contribution in [3.63, 3.8) is 0 Å². The summed E-state index contributed by atoms with van der Waals surface area (Å²) in [7, 11) is 3.73. The number of likely N-dealkylation sites (N-methyl/N-ethyl adjacent to an activating group) is 1. The second kappa shape index (κ2) is 9.58. The summed E-state index contributed by atoms with van der Waals surface area (Å²) in [4.78, 5) is 16.9. The third-order valence-corrected chi connectivity index (χ3v) is 3.68. The minimum atomic E-state index is 0. The molecule has 2 N–H and O–H groups in total. The summed E-state index contributed by atoms with van der Waals surface area (Å²) in [6, 6.07) is 7.18. The third kappa shape index (κ3) is 5.42. The number of carbonyl (C=O) groups excluding carboxylic acids is 1. The number of hydrogen-bond acceptors (Lipinski definition) is 4. The number of carbonyl (C=O) groups is 1. The molecule has 1 aliphatic rings. The first-order valence-corrected chi connectivity index (χ1v) is 6.87. The highest BCUT2D eigenvalue weighted by Gasteiger charge is 2.17. The normalized spacial score (nSPS) is 15.4. The summed E-state index contributed by atoms with van der Waals surface area (Å²) in [5.74, 6) is 0.776. The van der Waals surface area contributed by atoms with Gasteiger partial charge < -0.3 is 15.1 Å². The predicted octanol–water partition coefficient (Wildman–Crippen LogP) is 1.28. The third-order valence-electron chi connectivity index (χ3n) is 3.68. The first-order valence-electron chi connectivity index (χ1n) is 6.87. The van der Waals surface area contributed by atoms with Gasteiger partial charge in [-0.1, -0.05) is 6.58 Å². The fourth-order valence-corrected chi connectivity index (χ4v) is 2.29. The standard InChI is InChI=1S/C16H22N2O2.ClH.H2O/c1-13(12-18-10-8-17(2)9-11-18)16(19)14-4-6-15(20-3)7-5-14;;/h4-7H,1,8-12H2,2-3H3;1H;1H2. The Kier molecular flexibility index (Phi) is 8.97. The van der Waals surface area contributed by atoms with Crippen LogP contribution in [-0.4, -0.2) is 67.9 Å². The highest BCUT2D eigenvalue weighted by atomic mass is 35.5. The number of rotatable bonds is 5. The summed E-state index contributed by atoms with van der Waals surface area (Å²) in [5.41, 5.74) is 1.32. The summed E-state index contributed by atoms with van der Waals surface area (Å²) < 4.78 is 5.09. The van der Waals surface area contributed by atoms with Crippen molar-refractivity contribution < 1.29 is 15.0 Å². The number of ketones is 1. The Morgan fingerprint density at radius 3 is 2.23 bits per heavy atom. The lowest BCUT2D eigenvalue weighted by Crippen LogP contribution is -2.45. The molecule has 1 heterocycles. The van der Waals surface area contributed by atoms with E-state index < -0.39 is 0 Å². The second-order valence-corrected chi connectivity index (χ2v) is 5.24. The Bertz CT molecular complexity index is 483. The van der Waals surface area contributed by atoms with Gasteiger partial charge in [0.15, 0.2) is 5.78 Å². The molecule has 1 saturated heterocycles. The largest absolute Gasteiger partial charge is 0.497 e. The molecule has 22 heavy (non-hydrogen) atoms. The lowest BCUT2D eigenvalue weighted by Gasteiger charge is -2.32. The molecule has 1 aromatic rings. The van der Waals surface area contributed by atoms with Gasteiger partial charge in [0.25, 0.3) is 0 Å². The summed E-state index contributed by atoms with van der Waals surface area (Å²) >= 11 is 0. The molecule has 2 rings (SSSR count). The Labute approximate surface area is 138 Å². The van der Waals surface area contributed by atoms with E-state index in [0.29, 0.717) is 17.7 Å². The Balaban J connectivity index is 0.00000220. The van der Waals surface area contributed by atoms with Crippen LogP contribution in [0.15, 0.2) is 36.4 Å². The quantitative estimate of drug-likeness (QED) is 0.603. The van der Waals surface area contributed by atoms with Gasteiger partial charge in [-0.25, -0.2) is 0 Å². The number of methoxy groups -OCH3 is 1. The molecule has 1 aliphatic heterocycles. The summed E-state index contributed by atoms with van der Waals surface area (Å²) in [5, 5.41) is 0. The van der Waals surface area contributed by atoms with Crippen LogP contribution in [0.4, 0.5) is 0 Å². The van der Waals surface area contributed by atoms with E-state index in [-0.39, 0.29) is 23.7 Å². The molecule has 5 nitrogen and oxygen atoms in total. The van der Waals surface area contributed by atoms with Crippen molar-refractivity contribution >= 4 is 18.2 Å². The van der Waals surface area contributed by atoms with Crippen LogP contribution < -0.4 is 4.74 Å². The van der Waals surface area contributed by atoms with Gasteiger partial charge in [0, 0.05) is 43.9 Å². The van der Waals surface area contributed by atoms with Crippen LogP contribution in [0.1, 0.15) is 10.4 Å². The number of ether oxygens (including phenoxy) is 1. The second-order valence-electron chi connectivity index (χ2n) is 5.24. The molecule has 0 aromatic heterocycles. The lowest BCUT2D eigenvalue weighted by molar-refractivity contribution is 0.101. The van der Waals surface area contributed by atoms with Crippen LogP contribution in [0.5, 0.6) is 5.75 Å². The maximum absolute atomic E-state index is 12.3. The maximum atomic E-state index is 12.3. The number of nitrogens with zero attached hydrogens (tertiary/aromatic N) is 2. The van der Waals surface area contributed by atoms with Gasteiger partial charge in [-0.2, -0.15) is 0 Å². The van der Waals surface area contributed by atoms with E-state index in [1.54, 1.807) is 31.4 Å². The van der Waals surface area contributed by atoms with E-state index in [0.717, 1.165) is 31.9 Å². The fourth-order valence-electron chi connectivity index (χ4n) is 2.29. The van der Waals surface area contributed by atoms with Gasteiger partial charge in [-0.05, 0) is 31.3 Å². The zero-order chi connectivity index (χ0) is 14.5. The van der Waals surface area contributed by atoms with Gasteiger partial charge in [0.1, 0.15) is 5.75 Å². The van der Waals surface area contributed by atoms with E-state index in [9.17, 15) is 4.79 Å². The molecule has 0 spiro atoms. The van der Waals surface area contributed by atoms with E-state index in [2.05, 4.69) is 23.4 Å². The van der Waals surface area contributed by atoms with E-state index in [4.69, 9.17) is 4.74 Å². The van der Waals surface area contributed by atoms with Crippen molar-refractivity contribution in [1.82, 2.24) is 9.80 Å². The van der Waals surface area contributed by atoms with Gasteiger partial charge >= 0.3 is 0 Å². The number of halogens is 1. The topological polar surface area (TPSA) is 64.3 Å². The van der Waals surface area contributed by atoms with Gasteiger partial charge in [0.05, 0.1) is 7.11 Å². The number of Topliss-reactive ketones (excluding diaryl/α,β-unsaturated/α-hetero) is 1. The Morgan fingerprint density at radius 1 is 1.18 bits per heavy atom. The smallest absolute Gasteiger partial charge is 0.189 e. The zero-order valence-electron chi connectivity index (χ0n) is 13.2. The van der Waals surface area contributed by atoms with E-state index in [1.807, 2.05) is 0 Å². The van der Waals surface area contributed by atoms with Crippen LogP contribution in [0.3, 0.4) is 0 Å². The first kappa shape index (κ1) is 20.6. The molecule has 1 aromatic carbocycles. The van der Waals surface area contributed by atoms with E-state index in [1.165, 1.54) is 0 Å². The summed E-state index contributed by atoms with van der Waals surface area (Å²) in [6.07, 6.45) is 0. The van der Waals surface area contributed by atoms with Crippen molar-refractivity contribution in [2.75, 3.05) is 46.9 Å². The van der Waals surface area contributed by atoms with Crippen molar-refractivity contribution in [2.45, 2.75) is 0 Å². The molecule has 0 bridgehead atoms. The van der Waals surface area contributed by atoms with Crippen molar-refractivity contribution in [2.24, 2.45) is 0 Å². The molecule has 0 amide bonds. The van der Waals surface area contributed by atoms with Crippen LogP contribution in [0, 0.1) is 0 Å². The average molecular weight is 329 g/mol. The van der Waals surface area contributed by atoms with Crippen molar-refractivity contribution in [1.29, 1.82) is 0 Å². The first-order chi connectivity index (χ1) is 9.60. The molecule has 6 heteroatoms. The minimum Gasteiger partial charge on any atom is -0.497 e. The lowest BCUT2D eigenvalue weighted by atomic mass is 10.0. The molecular weight excluding hydrogens is 304 g/mol. The fraction of sp³-hybridized carbons (Fsp3) is 0.438. The molecule has 0 atom stereocenters. The van der Waals surface area contributed by atoms with Gasteiger partial charge in [-0.15, -0.1) is 12.4 Å². The monoisotopic (exact) mass is 328 g/mol. The number of benzene rings is 1. The zero-order valence-corrected chi connectivity index (χ0v) is 14.0.